The van der Waals surface area contributed by atoms with Gasteiger partial charge in [0.25, 0.3) is 0 Å². The molecule has 0 bridgehead atoms. The Labute approximate surface area is 178 Å². The number of hydrogen-bond acceptors (Lipinski definition) is 7. The van der Waals surface area contributed by atoms with Crippen molar-refractivity contribution in [3.8, 4) is 17.4 Å². The van der Waals surface area contributed by atoms with Crippen LogP contribution >= 0.6 is 23.2 Å². The molecule has 0 saturated heterocycles. The van der Waals surface area contributed by atoms with E-state index >= 15 is 0 Å². The number of rotatable bonds is 8. The van der Waals surface area contributed by atoms with E-state index in [1.54, 1.807) is 14.0 Å². The summed E-state index contributed by atoms with van der Waals surface area (Å²) in [6.45, 7) is 3.23. The van der Waals surface area contributed by atoms with Gasteiger partial charge in [-0.05, 0) is 26.3 Å². The minimum Gasteiger partial charge on any atom is -0.477 e. The molecule has 1 heterocycles. The SMILES string of the molecule is COC(=O)[C@H](C)Oc1cc(Oc2c(CCS(N)(=O)=O)c(C)nn2C)c(Cl)cc1Cl. The first kappa shape index (κ1) is 23.3. The smallest absolute Gasteiger partial charge is 0.346 e. The maximum atomic E-state index is 11.6. The molecule has 2 rings (SSSR count). The highest BCUT2D eigenvalue weighted by atomic mass is 35.5. The number of aromatic nitrogens is 2. The van der Waals surface area contributed by atoms with Crippen LogP contribution in [0.4, 0.5) is 0 Å². The van der Waals surface area contributed by atoms with Gasteiger partial charge >= 0.3 is 5.97 Å². The minimum atomic E-state index is -3.66. The van der Waals surface area contributed by atoms with Gasteiger partial charge in [-0.15, -0.1) is 0 Å². The van der Waals surface area contributed by atoms with Crippen molar-refractivity contribution in [1.82, 2.24) is 9.78 Å². The van der Waals surface area contributed by atoms with Crippen molar-refractivity contribution in [1.29, 1.82) is 0 Å². The van der Waals surface area contributed by atoms with Crippen LogP contribution in [0, 0.1) is 6.92 Å². The largest absolute Gasteiger partial charge is 0.477 e. The Morgan fingerprint density at radius 1 is 1.28 bits per heavy atom. The van der Waals surface area contributed by atoms with Gasteiger partial charge in [0.2, 0.25) is 15.9 Å². The Hall–Kier alpha value is -2.01. The number of ether oxygens (including phenoxy) is 3. The van der Waals surface area contributed by atoms with Crippen molar-refractivity contribution in [3.05, 3.63) is 33.4 Å². The molecule has 9 nitrogen and oxygen atoms in total. The van der Waals surface area contributed by atoms with Gasteiger partial charge in [-0.2, -0.15) is 5.10 Å². The van der Waals surface area contributed by atoms with Gasteiger partial charge in [0.15, 0.2) is 11.9 Å². The average Bonchev–Trinajstić information content (AvgIpc) is 2.88. The van der Waals surface area contributed by atoms with Crippen molar-refractivity contribution in [2.24, 2.45) is 12.2 Å². The van der Waals surface area contributed by atoms with Crippen LogP contribution in [0.5, 0.6) is 17.4 Å². The van der Waals surface area contributed by atoms with E-state index in [1.807, 2.05) is 0 Å². The van der Waals surface area contributed by atoms with Gasteiger partial charge in [-0.25, -0.2) is 23.0 Å². The first-order chi connectivity index (χ1) is 13.4. The molecule has 12 heteroatoms. The predicted molar refractivity (Wildman–Crippen MR) is 108 cm³/mol. The summed E-state index contributed by atoms with van der Waals surface area (Å²) in [5.41, 5.74) is 1.16. The summed E-state index contributed by atoms with van der Waals surface area (Å²) in [5, 5.41) is 9.71. The van der Waals surface area contributed by atoms with E-state index in [1.165, 1.54) is 30.8 Å². The molecule has 0 aliphatic rings. The zero-order chi connectivity index (χ0) is 21.9. The molecule has 0 spiro atoms. The van der Waals surface area contributed by atoms with Gasteiger partial charge in [-0.3, -0.25) is 0 Å². The summed E-state index contributed by atoms with van der Waals surface area (Å²) in [7, 11) is -0.778. The van der Waals surface area contributed by atoms with Crippen molar-refractivity contribution in [3.63, 3.8) is 0 Å². The highest BCUT2D eigenvalue weighted by Gasteiger charge is 2.21. The van der Waals surface area contributed by atoms with Crippen LogP contribution in [0.2, 0.25) is 10.0 Å². The van der Waals surface area contributed by atoms with E-state index in [-0.39, 0.29) is 33.7 Å². The van der Waals surface area contributed by atoms with Crippen LogP contribution < -0.4 is 14.6 Å². The van der Waals surface area contributed by atoms with E-state index in [0.29, 0.717) is 17.1 Å². The van der Waals surface area contributed by atoms with Gasteiger partial charge in [0.1, 0.15) is 5.75 Å². The predicted octanol–water partition coefficient (Wildman–Crippen LogP) is 2.60. The summed E-state index contributed by atoms with van der Waals surface area (Å²) in [4.78, 5) is 11.6. The third-order valence-corrected chi connectivity index (χ3v) is 5.32. The molecule has 160 valence electrons. The number of carbonyl (C=O) groups is 1. The van der Waals surface area contributed by atoms with Crippen LogP contribution in [-0.2, 0) is 33.0 Å². The number of halogens is 2. The molecule has 0 saturated carbocycles. The Morgan fingerprint density at radius 2 is 1.90 bits per heavy atom. The Bertz CT molecular complexity index is 1020. The number of nitrogens with zero attached hydrogens (tertiary/aromatic N) is 2. The second kappa shape index (κ2) is 9.21. The quantitative estimate of drug-likeness (QED) is 0.594. The average molecular weight is 466 g/mol. The topological polar surface area (TPSA) is 123 Å². The van der Waals surface area contributed by atoms with E-state index < -0.39 is 22.1 Å². The zero-order valence-electron chi connectivity index (χ0n) is 16.2. The molecule has 2 N–H and O–H groups in total. The molecule has 2 aromatic rings. The normalized spacial score (nSPS) is 12.5. The molecule has 0 aliphatic heterocycles. The number of primary sulfonamides is 1. The Morgan fingerprint density at radius 3 is 2.48 bits per heavy atom. The fourth-order valence-electron chi connectivity index (χ4n) is 2.53. The molecule has 1 aromatic carbocycles. The van der Waals surface area contributed by atoms with Gasteiger partial charge in [-0.1, -0.05) is 23.2 Å². The minimum absolute atomic E-state index is 0.113. The highest BCUT2D eigenvalue weighted by Crippen LogP contribution is 2.39. The number of aryl methyl sites for hydroxylation is 2. The lowest BCUT2D eigenvalue weighted by atomic mass is 10.2. The van der Waals surface area contributed by atoms with Crippen molar-refractivity contribution in [2.75, 3.05) is 12.9 Å². The molecule has 0 fully saturated rings. The molecule has 0 amide bonds. The molecule has 0 radical (unpaired) electrons. The van der Waals surface area contributed by atoms with Crippen molar-refractivity contribution >= 4 is 39.2 Å². The van der Waals surface area contributed by atoms with Crippen LogP contribution in [0.25, 0.3) is 0 Å². The molecule has 29 heavy (non-hydrogen) atoms. The first-order valence-corrected chi connectivity index (χ1v) is 10.8. The monoisotopic (exact) mass is 465 g/mol. The van der Waals surface area contributed by atoms with E-state index in [4.69, 9.17) is 37.8 Å². The number of methoxy groups -OCH3 is 1. The number of carbonyl (C=O) groups excluding carboxylic acids is 1. The highest BCUT2D eigenvalue weighted by molar-refractivity contribution is 7.89. The maximum absolute atomic E-state index is 11.6. The third-order valence-electron chi connectivity index (χ3n) is 3.96. The number of esters is 1. The van der Waals surface area contributed by atoms with E-state index in [9.17, 15) is 13.2 Å². The standard InChI is InChI=1S/C17H21Cl2N3O6S/c1-9-11(5-6-29(20,24)25)16(22(3)21-9)28-15-8-14(12(18)7-13(15)19)27-10(2)17(23)26-4/h7-8,10H,5-6H2,1-4H3,(H2,20,24,25)/t10-/m0/s1. The fourth-order valence-corrected chi connectivity index (χ4v) is 3.48. The number of benzene rings is 1. The maximum Gasteiger partial charge on any atom is 0.346 e. The van der Waals surface area contributed by atoms with Gasteiger partial charge < -0.3 is 14.2 Å². The summed E-state index contributed by atoms with van der Waals surface area (Å²) >= 11 is 12.4. The molecular formula is C17H21Cl2N3O6S. The first-order valence-electron chi connectivity index (χ1n) is 8.37. The summed E-state index contributed by atoms with van der Waals surface area (Å²) in [5.74, 6) is -0.208. The van der Waals surface area contributed by atoms with Crippen LogP contribution in [0.1, 0.15) is 18.2 Å². The third kappa shape index (κ3) is 5.99. The van der Waals surface area contributed by atoms with Crippen molar-refractivity contribution < 1.29 is 27.4 Å². The lowest BCUT2D eigenvalue weighted by Crippen LogP contribution is -2.25. The van der Waals surface area contributed by atoms with Crippen molar-refractivity contribution in [2.45, 2.75) is 26.4 Å². The molecular weight excluding hydrogens is 445 g/mol. The lowest BCUT2D eigenvalue weighted by molar-refractivity contribution is -0.147. The summed E-state index contributed by atoms with van der Waals surface area (Å²) < 4.78 is 40.2. The lowest BCUT2D eigenvalue weighted by Gasteiger charge is -2.16. The second-order valence-corrected chi connectivity index (χ2v) is 8.76. The fraction of sp³-hybridized carbons (Fsp3) is 0.412. The van der Waals surface area contributed by atoms with Crippen LogP contribution in [0.15, 0.2) is 12.1 Å². The number of hydrogen-bond donors (Lipinski definition) is 1. The Balaban J connectivity index is 2.37. The second-order valence-electron chi connectivity index (χ2n) is 6.21. The molecule has 0 unspecified atom stereocenters. The van der Waals surface area contributed by atoms with Gasteiger partial charge in [0, 0.05) is 18.7 Å². The summed E-state index contributed by atoms with van der Waals surface area (Å²) in [6.07, 6.45) is -0.794. The Kier molecular flexibility index (Phi) is 7.39. The van der Waals surface area contributed by atoms with E-state index in [2.05, 4.69) is 9.84 Å². The van der Waals surface area contributed by atoms with Gasteiger partial charge in [0.05, 0.1) is 28.6 Å². The number of sulfonamides is 1. The summed E-state index contributed by atoms with van der Waals surface area (Å²) in [6, 6.07) is 2.83. The molecule has 1 atom stereocenters. The molecule has 0 aliphatic carbocycles. The van der Waals surface area contributed by atoms with Crippen LogP contribution in [-0.4, -0.2) is 43.1 Å². The van der Waals surface area contributed by atoms with Crippen LogP contribution in [0.3, 0.4) is 0 Å². The zero-order valence-corrected chi connectivity index (χ0v) is 18.6. The molecule has 1 aromatic heterocycles. The number of nitrogens with two attached hydrogens (primary N) is 1. The van der Waals surface area contributed by atoms with E-state index in [0.717, 1.165) is 0 Å².